The molecule has 0 bridgehead atoms. The van der Waals surface area contributed by atoms with E-state index in [-0.39, 0.29) is 11.7 Å². The molecule has 0 saturated heterocycles. The Hall–Kier alpha value is -1.55. The van der Waals surface area contributed by atoms with Gasteiger partial charge in [-0.3, -0.25) is 4.79 Å². The zero-order valence-electron chi connectivity index (χ0n) is 10.7. The monoisotopic (exact) mass is 237 g/mol. The van der Waals surface area contributed by atoms with Crippen LogP contribution in [0.1, 0.15) is 24.2 Å². The van der Waals surface area contributed by atoms with Gasteiger partial charge >= 0.3 is 0 Å². The lowest BCUT2D eigenvalue weighted by Gasteiger charge is -2.15. The Balaban J connectivity index is 3.03. The van der Waals surface area contributed by atoms with E-state index in [1.165, 1.54) is 7.11 Å². The molecule has 17 heavy (non-hydrogen) atoms. The summed E-state index contributed by atoms with van der Waals surface area (Å²) in [6.45, 7) is 3.84. The van der Waals surface area contributed by atoms with Crippen molar-refractivity contribution in [1.29, 1.82) is 0 Å². The van der Waals surface area contributed by atoms with Gasteiger partial charge in [-0.15, -0.1) is 0 Å². The fourth-order valence-electron chi connectivity index (χ4n) is 1.48. The number of ketones is 1. The Kier molecular flexibility index (Phi) is 4.52. The van der Waals surface area contributed by atoms with E-state index in [1.807, 2.05) is 13.8 Å². The minimum absolute atomic E-state index is 0.0825. The van der Waals surface area contributed by atoms with Gasteiger partial charge in [-0.05, 0) is 24.1 Å². The number of carbonyl (C=O) groups excluding carboxylic acids is 1. The van der Waals surface area contributed by atoms with Crippen LogP contribution in [0.15, 0.2) is 18.2 Å². The van der Waals surface area contributed by atoms with Gasteiger partial charge in [0, 0.05) is 5.56 Å². The number of benzene rings is 1. The molecular weight excluding hydrogens is 218 g/mol. The van der Waals surface area contributed by atoms with E-state index in [4.69, 9.17) is 15.2 Å². The third-order valence-corrected chi connectivity index (χ3v) is 2.69. The smallest absolute Gasteiger partial charge is 0.179 e. The lowest BCUT2D eigenvalue weighted by Crippen LogP contribution is -2.35. The average molecular weight is 237 g/mol. The van der Waals surface area contributed by atoms with Crippen molar-refractivity contribution in [3.63, 3.8) is 0 Å². The molecule has 0 aromatic heterocycles. The number of Topliss-reactive ketones (excluding diaryl/α,β-unsaturated/α-hetero) is 1. The number of nitrogens with two attached hydrogens (primary N) is 1. The van der Waals surface area contributed by atoms with Crippen LogP contribution < -0.4 is 15.2 Å². The first-order valence-corrected chi connectivity index (χ1v) is 5.53. The van der Waals surface area contributed by atoms with Crippen molar-refractivity contribution in [2.45, 2.75) is 19.9 Å². The second kappa shape index (κ2) is 5.68. The Bertz CT molecular complexity index is 402. The molecule has 0 amide bonds. The summed E-state index contributed by atoms with van der Waals surface area (Å²) >= 11 is 0. The van der Waals surface area contributed by atoms with Crippen molar-refractivity contribution in [3.05, 3.63) is 23.8 Å². The maximum absolute atomic E-state index is 12.0. The van der Waals surface area contributed by atoms with Gasteiger partial charge in [0.15, 0.2) is 17.3 Å². The maximum Gasteiger partial charge on any atom is 0.179 e. The Morgan fingerprint density at radius 1 is 1.18 bits per heavy atom. The number of hydrogen-bond acceptors (Lipinski definition) is 4. The molecule has 1 rings (SSSR count). The topological polar surface area (TPSA) is 61.5 Å². The van der Waals surface area contributed by atoms with Crippen molar-refractivity contribution in [2.75, 3.05) is 14.2 Å². The molecule has 2 N–H and O–H groups in total. The first kappa shape index (κ1) is 13.5. The molecule has 0 saturated carbocycles. The van der Waals surface area contributed by atoms with E-state index < -0.39 is 6.04 Å². The van der Waals surface area contributed by atoms with Crippen molar-refractivity contribution in [1.82, 2.24) is 0 Å². The Morgan fingerprint density at radius 2 is 1.76 bits per heavy atom. The van der Waals surface area contributed by atoms with Gasteiger partial charge in [0.25, 0.3) is 0 Å². The van der Waals surface area contributed by atoms with Gasteiger partial charge in [-0.25, -0.2) is 0 Å². The quantitative estimate of drug-likeness (QED) is 0.794. The molecule has 0 heterocycles. The lowest BCUT2D eigenvalue weighted by molar-refractivity contribution is 0.0940. The van der Waals surface area contributed by atoms with Gasteiger partial charge in [0.05, 0.1) is 20.3 Å². The van der Waals surface area contributed by atoms with E-state index in [0.717, 1.165) is 0 Å². The molecule has 1 aromatic carbocycles. The summed E-state index contributed by atoms with van der Waals surface area (Å²) in [5.41, 5.74) is 6.38. The fraction of sp³-hybridized carbons (Fsp3) is 0.462. The van der Waals surface area contributed by atoms with Gasteiger partial charge in [-0.1, -0.05) is 13.8 Å². The summed E-state index contributed by atoms with van der Waals surface area (Å²) in [5.74, 6) is 1.16. The number of rotatable bonds is 5. The van der Waals surface area contributed by atoms with Crippen LogP contribution in [0.3, 0.4) is 0 Å². The molecule has 4 heteroatoms. The number of methoxy groups -OCH3 is 2. The van der Waals surface area contributed by atoms with E-state index in [9.17, 15) is 4.79 Å². The molecule has 0 fully saturated rings. The molecule has 0 aliphatic heterocycles. The van der Waals surface area contributed by atoms with Crippen LogP contribution in [0.4, 0.5) is 0 Å². The highest BCUT2D eigenvalue weighted by Crippen LogP contribution is 2.28. The van der Waals surface area contributed by atoms with Gasteiger partial charge in [-0.2, -0.15) is 0 Å². The molecule has 4 nitrogen and oxygen atoms in total. The average Bonchev–Trinajstić information content (AvgIpc) is 2.35. The maximum atomic E-state index is 12.0. The van der Waals surface area contributed by atoms with E-state index in [0.29, 0.717) is 17.1 Å². The lowest BCUT2D eigenvalue weighted by atomic mass is 9.96. The molecule has 0 aliphatic carbocycles. The predicted octanol–water partition coefficient (Wildman–Crippen LogP) is 1.87. The van der Waals surface area contributed by atoms with Crippen molar-refractivity contribution < 1.29 is 14.3 Å². The largest absolute Gasteiger partial charge is 0.493 e. The van der Waals surface area contributed by atoms with Crippen LogP contribution >= 0.6 is 0 Å². The SMILES string of the molecule is COc1ccc(C(=O)C(N)C(C)C)cc1OC. The third kappa shape index (κ3) is 2.97. The summed E-state index contributed by atoms with van der Waals surface area (Å²) in [5, 5.41) is 0. The molecule has 0 radical (unpaired) electrons. The number of carbonyl (C=O) groups is 1. The molecule has 1 atom stereocenters. The second-order valence-electron chi connectivity index (χ2n) is 4.20. The first-order chi connectivity index (χ1) is 8.01. The highest BCUT2D eigenvalue weighted by atomic mass is 16.5. The van der Waals surface area contributed by atoms with Gasteiger partial charge < -0.3 is 15.2 Å². The van der Waals surface area contributed by atoms with Crippen LogP contribution in [0, 0.1) is 5.92 Å². The van der Waals surface area contributed by atoms with E-state index in [1.54, 1.807) is 25.3 Å². The van der Waals surface area contributed by atoms with Crippen LogP contribution in [0.5, 0.6) is 11.5 Å². The number of ether oxygens (including phenoxy) is 2. The number of hydrogen-bond donors (Lipinski definition) is 1. The van der Waals surface area contributed by atoms with Crippen LogP contribution in [0.2, 0.25) is 0 Å². The van der Waals surface area contributed by atoms with Crippen molar-refractivity contribution >= 4 is 5.78 Å². The third-order valence-electron chi connectivity index (χ3n) is 2.69. The zero-order chi connectivity index (χ0) is 13.0. The predicted molar refractivity (Wildman–Crippen MR) is 66.7 cm³/mol. The molecule has 0 spiro atoms. The molecule has 0 aliphatic rings. The second-order valence-corrected chi connectivity index (χ2v) is 4.20. The summed E-state index contributed by atoms with van der Waals surface area (Å²) in [6, 6.07) is 4.57. The molecule has 1 aromatic rings. The molecule has 94 valence electrons. The minimum atomic E-state index is -0.492. The van der Waals surface area contributed by atoms with E-state index in [2.05, 4.69) is 0 Å². The normalized spacial score (nSPS) is 12.4. The standard InChI is InChI=1S/C13H19NO3/c1-8(2)12(14)13(15)9-5-6-10(16-3)11(7-9)17-4/h5-8,12H,14H2,1-4H3. The minimum Gasteiger partial charge on any atom is -0.493 e. The van der Waals surface area contributed by atoms with Crippen LogP contribution in [0.25, 0.3) is 0 Å². The Morgan fingerprint density at radius 3 is 2.24 bits per heavy atom. The van der Waals surface area contributed by atoms with Crippen molar-refractivity contribution in [3.8, 4) is 11.5 Å². The van der Waals surface area contributed by atoms with Crippen LogP contribution in [-0.2, 0) is 0 Å². The van der Waals surface area contributed by atoms with Gasteiger partial charge in [0.2, 0.25) is 0 Å². The summed E-state index contributed by atoms with van der Waals surface area (Å²) in [4.78, 5) is 12.0. The summed E-state index contributed by atoms with van der Waals surface area (Å²) in [7, 11) is 3.09. The van der Waals surface area contributed by atoms with Gasteiger partial charge in [0.1, 0.15) is 0 Å². The van der Waals surface area contributed by atoms with Crippen LogP contribution in [-0.4, -0.2) is 26.0 Å². The summed E-state index contributed by atoms with van der Waals surface area (Å²) in [6.07, 6.45) is 0. The highest BCUT2D eigenvalue weighted by Gasteiger charge is 2.20. The van der Waals surface area contributed by atoms with E-state index >= 15 is 0 Å². The molecule has 1 unspecified atom stereocenters. The molecular formula is C13H19NO3. The summed E-state index contributed by atoms with van der Waals surface area (Å²) < 4.78 is 10.3. The zero-order valence-corrected chi connectivity index (χ0v) is 10.7. The van der Waals surface area contributed by atoms with Crippen molar-refractivity contribution in [2.24, 2.45) is 11.7 Å². The highest BCUT2D eigenvalue weighted by molar-refractivity contribution is 6.00. The Labute approximate surface area is 102 Å². The fourth-order valence-corrected chi connectivity index (χ4v) is 1.48. The first-order valence-electron chi connectivity index (χ1n) is 5.53.